The quantitative estimate of drug-likeness (QED) is 0.525. The van der Waals surface area contributed by atoms with Crippen molar-refractivity contribution in [2.24, 2.45) is 0 Å². The molecule has 90 valence electrons. The van der Waals surface area contributed by atoms with E-state index in [-0.39, 0.29) is 5.54 Å². The Labute approximate surface area is 99.4 Å². The number of carbonyl (C=O) groups is 1. The van der Waals surface area contributed by atoms with Crippen LogP contribution in [-0.4, -0.2) is 30.3 Å². The summed E-state index contributed by atoms with van der Waals surface area (Å²) in [4.78, 5) is 14.5. The number of ketones is 1. The van der Waals surface area contributed by atoms with Gasteiger partial charge in [-0.3, -0.25) is 9.69 Å². The first-order valence-electron chi connectivity index (χ1n) is 6.28. The number of unbranched alkanes of at least 4 members (excludes halogenated alkanes) is 1. The van der Waals surface area contributed by atoms with E-state index in [1.807, 2.05) is 14.1 Å². The highest BCUT2D eigenvalue weighted by atomic mass is 16.1. The molecule has 1 saturated carbocycles. The molecule has 1 fully saturated rings. The molecule has 0 atom stereocenters. The van der Waals surface area contributed by atoms with E-state index >= 15 is 0 Å². The maximum absolute atomic E-state index is 12.3. The molecule has 2 heteroatoms. The normalized spacial score (nSPS) is 19.4. The van der Waals surface area contributed by atoms with Crippen molar-refractivity contribution in [3.05, 3.63) is 0 Å². The maximum atomic E-state index is 12.3. The third-order valence-corrected chi connectivity index (χ3v) is 3.78. The smallest absolute Gasteiger partial charge is 0.153 e. The van der Waals surface area contributed by atoms with Crippen LogP contribution in [0.1, 0.15) is 51.4 Å². The SMILES string of the molecule is C#CCCCC(=O)C1(N(C)C)CCCCC1. The zero-order valence-electron chi connectivity index (χ0n) is 10.6. The van der Waals surface area contributed by atoms with E-state index in [9.17, 15) is 4.79 Å². The van der Waals surface area contributed by atoms with Crippen molar-refractivity contribution in [2.45, 2.75) is 56.9 Å². The number of hydrogen-bond donors (Lipinski definition) is 0. The molecular weight excluding hydrogens is 198 g/mol. The fraction of sp³-hybridized carbons (Fsp3) is 0.786. The third kappa shape index (κ3) is 2.86. The molecule has 0 aromatic rings. The molecule has 1 rings (SSSR count). The Bertz CT molecular complexity index is 269. The van der Waals surface area contributed by atoms with Crippen LogP contribution in [0.5, 0.6) is 0 Å². The van der Waals surface area contributed by atoms with Gasteiger partial charge in [-0.15, -0.1) is 12.3 Å². The fourth-order valence-corrected chi connectivity index (χ4v) is 2.70. The monoisotopic (exact) mass is 221 g/mol. The molecule has 1 aliphatic carbocycles. The molecule has 0 N–H and O–H groups in total. The Hall–Kier alpha value is -0.810. The van der Waals surface area contributed by atoms with E-state index in [0.29, 0.717) is 12.2 Å². The Morgan fingerprint density at radius 2 is 1.94 bits per heavy atom. The lowest BCUT2D eigenvalue weighted by atomic mass is 9.76. The van der Waals surface area contributed by atoms with E-state index in [1.165, 1.54) is 19.3 Å². The summed E-state index contributed by atoms with van der Waals surface area (Å²) < 4.78 is 0. The summed E-state index contributed by atoms with van der Waals surface area (Å²) in [7, 11) is 4.06. The second-order valence-corrected chi connectivity index (χ2v) is 4.97. The summed E-state index contributed by atoms with van der Waals surface area (Å²) in [5.41, 5.74) is -0.188. The van der Waals surface area contributed by atoms with Crippen molar-refractivity contribution in [3.63, 3.8) is 0 Å². The highest BCUT2D eigenvalue weighted by molar-refractivity contribution is 5.88. The van der Waals surface area contributed by atoms with Gasteiger partial charge in [-0.25, -0.2) is 0 Å². The Morgan fingerprint density at radius 3 is 2.44 bits per heavy atom. The van der Waals surface area contributed by atoms with Crippen molar-refractivity contribution in [1.29, 1.82) is 0 Å². The van der Waals surface area contributed by atoms with Crippen LogP contribution in [-0.2, 0) is 4.79 Å². The average molecular weight is 221 g/mol. The lowest BCUT2D eigenvalue weighted by Gasteiger charge is -2.41. The predicted octanol–water partition coefficient (Wildman–Crippen LogP) is 2.62. The molecule has 1 aliphatic rings. The minimum Gasteiger partial charge on any atom is -0.298 e. The van der Waals surface area contributed by atoms with Gasteiger partial charge in [-0.2, -0.15) is 0 Å². The zero-order chi connectivity index (χ0) is 12.0. The van der Waals surface area contributed by atoms with Crippen molar-refractivity contribution in [2.75, 3.05) is 14.1 Å². The molecule has 0 aliphatic heterocycles. The van der Waals surface area contributed by atoms with Crippen molar-refractivity contribution in [3.8, 4) is 12.3 Å². The molecule has 2 nitrogen and oxygen atoms in total. The van der Waals surface area contributed by atoms with Crippen LogP contribution in [0.15, 0.2) is 0 Å². The lowest BCUT2D eigenvalue weighted by Crippen LogP contribution is -2.52. The Kier molecular flexibility index (Phi) is 5.02. The standard InChI is InChI=1S/C14H23NO/c1-4-5-7-10-13(16)14(15(2)3)11-8-6-9-12-14/h1H,5-12H2,2-3H3. The highest BCUT2D eigenvalue weighted by Crippen LogP contribution is 2.34. The molecule has 0 aromatic carbocycles. The van der Waals surface area contributed by atoms with Gasteiger partial charge in [-0.1, -0.05) is 19.3 Å². The van der Waals surface area contributed by atoms with Gasteiger partial charge in [0.15, 0.2) is 5.78 Å². The van der Waals surface area contributed by atoms with Gasteiger partial charge in [0.2, 0.25) is 0 Å². The fourth-order valence-electron chi connectivity index (χ4n) is 2.70. The first-order chi connectivity index (χ1) is 7.63. The molecular formula is C14H23NO. The van der Waals surface area contributed by atoms with Gasteiger partial charge in [0.05, 0.1) is 5.54 Å². The zero-order valence-corrected chi connectivity index (χ0v) is 10.6. The van der Waals surface area contributed by atoms with Crippen molar-refractivity contribution < 1.29 is 4.79 Å². The molecule has 0 unspecified atom stereocenters. The van der Waals surface area contributed by atoms with E-state index in [0.717, 1.165) is 25.7 Å². The van der Waals surface area contributed by atoms with Gasteiger partial charge in [0, 0.05) is 12.8 Å². The van der Waals surface area contributed by atoms with Gasteiger partial charge in [-0.05, 0) is 33.4 Å². The molecule has 0 bridgehead atoms. The van der Waals surface area contributed by atoms with E-state index in [2.05, 4.69) is 10.8 Å². The van der Waals surface area contributed by atoms with E-state index in [4.69, 9.17) is 6.42 Å². The molecule has 0 amide bonds. The molecule has 0 saturated heterocycles. The topological polar surface area (TPSA) is 20.3 Å². The van der Waals surface area contributed by atoms with Gasteiger partial charge in [0.25, 0.3) is 0 Å². The van der Waals surface area contributed by atoms with Crippen LogP contribution in [0.25, 0.3) is 0 Å². The third-order valence-electron chi connectivity index (χ3n) is 3.78. The number of Topliss-reactive ketones (excluding diaryl/α,β-unsaturated/α-hetero) is 1. The van der Waals surface area contributed by atoms with Crippen LogP contribution in [0.3, 0.4) is 0 Å². The Balaban J connectivity index is 2.62. The summed E-state index contributed by atoms with van der Waals surface area (Å²) in [5, 5.41) is 0. The van der Waals surface area contributed by atoms with Crippen LogP contribution in [0.4, 0.5) is 0 Å². The molecule has 16 heavy (non-hydrogen) atoms. The molecule has 0 heterocycles. The predicted molar refractivity (Wildman–Crippen MR) is 67.2 cm³/mol. The first kappa shape index (κ1) is 13.3. The minimum absolute atomic E-state index is 0.188. The number of nitrogens with zero attached hydrogens (tertiary/aromatic N) is 1. The average Bonchev–Trinajstić information content (AvgIpc) is 2.30. The van der Waals surface area contributed by atoms with Gasteiger partial charge in [0.1, 0.15) is 0 Å². The molecule has 0 radical (unpaired) electrons. The lowest BCUT2D eigenvalue weighted by molar-refractivity contribution is -0.132. The first-order valence-corrected chi connectivity index (χ1v) is 6.28. The second kappa shape index (κ2) is 6.06. The van der Waals surface area contributed by atoms with Crippen LogP contribution < -0.4 is 0 Å². The minimum atomic E-state index is -0.188. The number of rotatable bonds is 5. The number of terminal acetylenes is 1. The summed E-state index contributed by atoms with van der Waals surface area (Å²) in [6.45, 7) is 0. The van der Waals surface area contributed by atoms with Crippen LogP contribution in [0, 0.1) is 12.3 Å². The Morgan fingerprint density at radius 1 is 1.31 bits per heavy atom. The summed E-state index contributed by atoms with van der Waals surface area (Å²) in [6.07, 6.45) is 13.1. The van der Waals surface area contributed by atoms with Crippen LogP contribution >= 0.6 is 0 Å². The van der Waals surface area contributed by atoms with Crippen molar-refractivity contribution >= 4 is 5.78 Å². The summed E-state index contributed by atoms with van der Waals surface area (Å²) in [6, 6.07) is 0. The maximum Gasteiger partial charge on any atom is 0.153 e. The number of likely N-dealkylation sites (N-methyl/N-ethyl adjacent to an activating group) is 1. The summed E-state index contributed by atoms with van der Waals surface area (Å²) in [5.74, 6) is 3.00. The van der Waals surface area contributed by atoms with Gasteiger partial charge < -0.3 is 0 Å². The highest BCUT2D eigenvalue weighted by Gasteiger charge is 2.40. The van der Waals surface area contributed by atoms with Gasteiger partial charge >= 0.3 is 0 Å². The van der Waals surface area contributed by atoms with E-state index < -0.39 is 0 Å². The number of carbonyl (C=O) groups excluding carboxylic acids is 1. The summed E-state index contributed by atoms with van der Waals surface area (Å²) >= 11 is 0. The molecule has 0 spiro atoms. The van der Waals surface area contributed by atoms with Crippen molar-refractivity contribution in [1.82, 2.24) is 4.90 Å². The van der Waals surface area contributed by atoms with E-state index in [1.54, 1.807) is 0 Å². The largest absolute Gasteiger partial charge is 0.298 e. The second-order valence-electron chi connectivity index (χ2n) is 4.97. The molecule has 0 aromatic heterocycles. The van der Waals surface area contributed by atoms with Crippen LogP contribution in [0.2, 0.25) is 0 Å². The number of hydrogen-bond acceptors (Lipinski definition) is 2.